The molecule has 0 unspecified atom stereocenters. The third kappa shape index (κ3) is 1.81. The van der Waals surface area contributed by atoms with Gasteiger partial charge in [0.1, 0.15) is 0 Å². The number of carbonyl (C=O) groups is 1. The van der Waals surface area contributed by atoms with E-state index in [4.69, 9.17) is 5.73 Å². The summed E-state index contributed by atoms with van der Waals surface area (Å²) in [6.45, 7) is 0. The minimum atomic E-state index is -0.388. The lowest BCUT2D eigenvalue weighted by atomic mass is 10.3. The van der Waals surface area contributed by atoms with E-state index in [1.54, 1.807) is 6.20 Å². The molecule has 1 aromatic rings. The van der Waals surface area contributed by atoms with Gasteiger partial charge < -0.3 is 5.73 Å². The predicted octanol–water partition coefficient (Wildman–Crippen LogP) is -0.496. The van der Waals surface area contributed by atoms with Gasteiger partial charge in [0, 0.05) is 18.6 Å². The van der Waals surface area contributed by atoms with Gasteiger partial charge in [-0.2, -0.15) is 0 Å². The SMILES string of the molecule is NC(=O)Cc1cnccn1. The summed E-state index contributed by atoms with van der Waals surface area (Å²) in [5.74, 6) is -0.388. The smallest absolute Gasteiger partial charge is 0.223 e. The van der Waals surface area contributed by atoms with Gasteiger partial charge >= 0.3 is 0 Å². The van der Waals surface area contributed by atoms with Gasteiger partial charge in [0.25, 0.3) is 0 Å². The third-order valence-electron chi connectivity index (χ3n) is 0.972. The lowest BCUT2D eigenvalue weighted by Gasteiger charge is -1.91. The Kier molecular flexibility index (Phi) is 1.94. The van der Waals surface area contributed by atoms with Crippen LogP contribution < -0.4 is 5.73 Å². The second-order valence-electron chi connectivity index (χ2n) is 1.84. The number of amides is 1. The third-order valence-corrected chi connectivity index (χ3v) is 0.972. The van der Waals surface area contributed by atoms with Crippen molar-refractivity contribution in [3.63, 3.8) is 0 Å². The van der Waals surface area contributed by atoms with Crippen LogP contribution in [0, 0.1) is 0 Å². The first-order valence-corrected chi connectivity index (χ1v) is 2.82. The number of hydrogen-bond acceptors (Lipinski definition) is 3. The number of aromatic nitrogens is 2. The molecule has 1 aromatic heterocycles. The molecule has 0 aliphatic rings. The van der Waals surface area contributed by atoms with Crippen molar-refractivity contribution in [1.29, 1.82) is 0 Å². The van der Waals surface area contributed by atoms with E-state index in [2.05, 4.69) is 9.97 Å². The molecule has 0 radical (unpaired) electrons. The first-order chi connectivity index (χ1) is 4.79. The largest absolute Gasteiger partial charge is 0.369 e. The molecule has 0 aliphatic heterocycles. The Labute approximate surface area is 58.1 Å². The van der Waals surface area contributed by atoms with Crippen molar-refractivity contribution in [3.8, 4) is 0 Å². The van der Waals surface area contributed by atoms with Gasteiger partial charge in [-0.05, 0) is 0 Å². The molecule has 1 heterocycles. The van der Waals surface area contributed by atoms with Crippen molar-refractivity contribution < 1.29 is 4.79 Å². The lowest BCUT2D eigenvalue weighted by molar-refractivity contribution is -0.117. The number of nitrogens with zero attached hydrogens (tertiary/aromatic N) is 2. The molecule has 0 bridgehead atoms. The van der Waals surface area contributed by atoms with Crippen LogP contribution in [0.2, 0.25) is 0 Å². The maximum Gasteiger partial charge on any atom is 0.223 e. The minimum Gasteiger partial charge on any atom is -0.369 e. The molecule has 52 valence electrons. The highest BCUT2D eigenvalue weighted by molar-refractivity contribution is 5.75. The summed E-state index contributed by atoms with van der Waals surface area (Å²) >= 11 is 0. The highest BCUT2D eigenvalue weighted by Gasteiger charge is 1.96. The molecule has 0 fully saturated rings. The molecule has 1 amide bonds. The molecule has 10 heavy (non-hydrogen) atoms. The molecule has 0 spiro atoms. The second kappa shape index (κ2) is 2.91. The van der Waals surface area contributed by atoms with Crippen LogP contribution in [0.5, 0.6) is 0 Å². The van der Waals surface area contributed by atoms with Crippen LogP contribution in [0.1, 0.15) is 5.69 Å². The first kappa shape index (κ1) is 6.67. The fraction of sp³-hybridized carbons (Fsp3) is 0.167. The summed E-state index contributed by atoms with van der Waals surface area (Å²) in [6.07, 6.45) is 4.75. The zero-order valence-electron chi connectivity index (χ0n) is 5.32. The number of hydrogen-bond donors (Lipinski definition) is 1. The van der Waals surface area contributed by atoms with Gasteiger partial charge in [-0.1, -0.05) is 0 Å². The average Bonchev–Trinajstić information content (AvgIpc) is 1.88. The summed E-state index contributed by atoms with van der Waals surface area (Å²) in [6, 6.07) is 0. The molecule has 0 saturated heterocycles. The van der Waals surface area contributed by atoms with E-state index in [0.717, 1.165) is 0 Å². The summed E-state index contributed by atoms with van der Waals surface area (Å²) < 4.78 is 0. The van der Waals surface area contributed by atoms with Crippen LogP contribution in [0.25, 0.3) is 0 Å². The summed E-state index contributed by atoms with van der Waals surface area (Å²) in [4.78, 5) is 17.9. The zero-order valence-corrected chi connectivity index (χ0v) is 5.32. The lowest BCUT2D eigenvalue weighted by Crippen LogP contribution is -2.14. The Morgan fingerprint density at radius 3 is 2.90 bits per heavy atom. The molecular formula is C6H7N3O. The number of nitrogens with two attached hydrogens (primary N) is 1. The van der Waals surface area contributed by atoms with Gasteiger partial charge in [-0.15, -0.1) is 0 Å². The van der Waals surface area contributed by atoms with Crippen LogP contribution in [0.15, 0.2) is 18.6 Å². The van der Waals surface area contributed by atoms with Crippen molar-refractivity contribution in [1.82, 2.24) is 9.97 Å². The van der Waals surface area contributed by atoms with Crippen molar-refractivity contribution >= 4 is 5.91 Å². The van der Waals surface area contributed by atoms with Crippen molar-refractivity contribution in [2.75, 3.05) is 0 Å². The Morgan fingerprint density at radius 1 is 1.60 bits per heavy atom. The standard InChI is InChI=1S/C6H7N3O/c7-6(10)3-5-4-8-1-2-9-5/h1-2,4H,3H2,(H2,7,10). The summed E-state index contributed by atoms with van der Waals surface area (Å²) in [5, 5.41) is 0. The monoisotopic (exact) mass is 137 g/mol. The Bertz CT molecular complexity index is 222. The van der Waals surface area contributed by atoms with Crippen molar-refractivity contribution in [3.05, 3.63) is 24.3 Å². The van der Waals surface area contributed by atoms with Gasteiger partial charge in [-0.3, -0.25) is 14.8 Å². The van der Waals surface area contributed by atoms with E-state index >= 15 is 0 Å². The molecule has 0 aromatic carbocycles. The molecule has 0 saturated carbocycles. The van der Waals surface area contributed by atoms with Crippen LogP contribution in [-0.2, 0) is 11.2 Å². The first-order valence-electron chi connectivity index (χ1n) is 2.82. The number of primary amides is 1. The Morgan fingerprint density at radius 2 is 2.40 bits per heavy atom. The van der Waals surface area contributed by atoms with Gasteiger partial charge in [-0.25, -0.2) is 0 Å². The van der Waals surface area contributed by atoms with Gasteiger partial charge in [0.15, 0.2) is 0 Å². The molecule has 2 N–H and O–H groups in total. The van der Waals surface area contributed by atoms with Crippen molar-refractivity contribution in [2.24, 2.45) is 5.73 Å². The zero-order chi connectivity index (χ0) is 7.40. The van der Waals surface area contributed by atoms with E-state index in [1.165, 1.54) is 12.4 Å². The maximum atomic E-state index is 10.3. The normalized spacial score (nSPS) is 9.20. The average molecular weight is 137 g/mol. The summed E-state index contributed by atoms with van der Waals surface area (Å²) in [5.41, 5.74) is 5.52. The van der Waals surface area contributed by atoms with E-state index in [0.29, 0.717) is 5.69 Å². The van der Waals surface area contributed by atoms with Gasteiger partial charge in [0.05, 0.1) is 12.1 Å². The second-order valence-corrected chi connectivity index (χ2v) is 1.84. The van der Waals surface area contributed by atoms with Crippen LogP contribution >= 0.6 is 0 Å². The molecular weight excluding hydrogens is 130 g/mol. The van der Waals surface area contributed by atoms with Gasteiger partial charge in [0.2, 0.25) is 5.91 Å². The predicted molar refractivity (Wildman–Crippen MR) is 34.9 cm³/mol. The van der Waals surface area contributed by atoms with Crippen LogP contribution in [0.3, 0.4) is 0 Å². The van der Waals surface area contributed by atoms with E-state index in [9.17, 15) is 4.79 Å². The fourth-order valence-corrected chi connectivity index (χ4v) is 0.600. The molecule has 0 aliphatic carbocycles. The Hall–Kier alpha value is -1.45. The molecule has 1 rings (SSSR count). The topological polar surface area (TPSA) is 68.9 Å². The van der Waals surface area contributed by atoms with Crippen LogP contribution in [-0.4, -0.2) is 15.9 Å². The quantitative estimate of drug-likeness (QED) is 0.597. The maximum absolute atomic E-state index is 10.3. The number of rotatable bonds is 2. The van der Waals surface area contributed by atoms with E-state index in [1.807, 2.05) is 0 Å². The van der Waals surface area contributed by atoms with E-state index < -0.39 is 0 Å². The minimum absolute atomic E-state index is 0.161. The Balaban J connectivity index is 2.67. The highest BCUT2D eigenvalue weighted by atomic mass is 16.1. The fourth-order valence-electron chi connectivity index (χ4n) is 0.600. The molecule has 4 nitrogen and oxygen atoms in total. The number of carbonyl (C=O) groups excluding carboxylic acids is 1. The van der Waals surface area contributed by atoms with Crippen LogP contribution in [0.4, 0.5) is 0 Å². The van der Waals surface area contributed by atoms with E-state index in [-0.39, 0.29) is 12.3 Å². The molecule has 0 atom stereocenters. The van der Waals surface area contributed by atoms with Crippen molar-refractivity contribution in [2.45, 2.75) is 6.42 Å². The molecule has 4 heteroatoms. The highest BCUT2D eigenvalue weighted by Crippen LogP contribution is 1.89. The summed E-state index contributed by atoms with van der Waals surface area (Å²) in [7, 11) is 0.